The molecule has 0 aliphatic carbocycles. The minimum atomic E-state index is -0.872. The van der Waals surface area contributed by atoms with Crippen molar-refractivity contribution < 1.29 is 28.9 Å². The molecule has 3 aromatic carbocycles. The van der Waals surface area contributed by atoms with Gasteiger partial charge in [-0.15, -0.1) is 0 Å². The number of aliphatic hydroxyl groups excluding tert-OH is 1. The van der Waals surface area contributed by atoms with Gasteiger partial charge in [0.05, 0.1) is 31.9 Å². The fourth-order valence-electron chi connectivity index (χ4n) is 4.85. The first-order valence-electron chi connectivity index (χ1n) is 13.6. The SMILES string of the molecule is CCCOc1cccc(C2/C(=C(\O)c3ccc(OCC)c(C(C)(C)C)c3)C(=O)C(=O)N2c2ccc(OC)cc2)c1. The molecule has 1 unspecified atom stereocenters. The van der Waals surface area contributed by atoms with Crippen molar-refractivity contribution in [3.63, 3.8) is 0 Å². The van der Waals surface area contributed by atoms with E-state index < -0.39 is 17.7 Å². The average Bonchev–Trinajstić information content (AvgIpc) is 3.21. The van der Waals surface area contributed by atoms with E-state index in [0.29, 0.717) is 47.3 Å². The zero-order chi connectivity index (χ0) is 29.0. The summed E-state index contributed by atoms with van der Waals surface area (Å²) in [5.41, 5.74) is 2.19. The van der Waals surface area contributed by atoms with Crippen molar-refractivity contribution in [2.24, 2.45) is 0 Å². The molecule has 1 saturated heterocycles. The van der Waals surface area contributed by atoms with E-state index >= 15 is 0 Å². The molecule has 0 aromatic heterocycles. The van der Waals surface area contributed by atoms with Crippen LogP contribution < -0.4 is 19.1 Å². The molecule has 4 rings (SSSR count). The number of carbonyl (C=O) groups is 2. The van der Waals surface area contributed by atoms with Crippen LogP contribution in [0.2, 0.25) is 0 Å². The van der Waals surface area contributed by atoms with E-state index in [2.05, 4.69) is 20.8 Å². The Kier molecular flexibility index (Phi) is 8.52. The second kappa shape index (κ2) is 11.9. The second-order valence-electron chi connectivity index (χ2n) is 10.7. The van der Waals surface area contributed by atoms with E-state index in [-0.39, 0.29) is 16.7 Å². The summed E-state index contributed by atoms with van der Waals surface area (Å²) in [4.78, 5) is 28.6. The Morgan fingerprint density at radius 3 is 2.27 bits per heavy atom. The predicted molar refractivity (Wildman–Crippen MR) is 156 cm³/mol. The molecule has 1 aliphatic heterocycles. The molecule has 40 heavy (non-hydrogen) atoms. The Labute approximate surface area is 236 Å². The largest absolute Gasteiger partial charge is 0.507 e. The van der Waals surface area contributed by atoms with Crippen molar-refractivity contribution in [2.45, 2.75) is 52.5 Å². The van der Waals surface area contributed by atoms with Crippen molar-refractivity contribution in [1.29, 1.82) is 0 Å². The van der Waals surface area contributed by atoms with Crippen LogP contribution >= 0.6 is 0 Å². The lowest BCUT2D eigenvalue weighted by Gasteiger charge is -2.26. The third kappa shape index (κ3) is 5.69. The van der Waals surface area contributed by atoms with Gasteiger partial charge in [-0.2, -0.15) is 0 Å². The standard InChI is InChI=1S/C33H37NO6/c1-7-18-40-25-11-9-10-21(19-25)29-28(31(36)32(37)34(29)23-13-15-24(38-6)16-14-23)30(35)22-12-17-27(39-8-2)26(20-22)33(3,4)5/h9-17,19-20,29,35H,7-8,18H2,1-6H3/b30-28+. The molecular formula is C33H37NO6. The number of ketones is 1. The highest BCUT2D eigenvalue weighted by Crippen LogP contribution is 2.44. The molecule has 210 valence electrons. The number of hydrogen-bond donors (Lipinski definition) is 1. The Bertz CT molecular complexity index is 1420. The summed E-state index contributed by atoms with van der Waals surface area (Å²) < 4.78 is 17.0. The van der Waals surface area contributed by atoms with Crippen LogP contribution in [0.25, 0.3) is 5.76 Å². The van der Waals surface area contributed by atoms with Gasteiger partial charge >= 0.3 is 0 Å². The molecule has 1 fully saturated rings. The number of aliphatic hydroxyl groups is 1. The molecule has 1 atom stereocenters. The summed E-state index contributed by atoms with van der Waals surface area (Å²) >= 11 is 0. The smallest absolute Gasteiger partial charge is 0.300 e. The molecule has 1 aliphatic rings. The van der Waals surface area contributed by atoms with E-state index in [4.69, 9.17) is 14.2 Å². The molecule has 1 heterocycles. The Balaban J connectivity index is 1.93. The van der Waals surface area contributed by atoms with E-state index in [1.165, 1.54) is 4.90 Å². The van der Waals surface area contributed by atoms with E-state index in [1.807, 2.05) is 44.2 Å². The van der Waals surface area contributed by atoms with Gasteiger partial charge in [0, 0.05) is 16.8 Å². The van der Waals surface area contributed by atoms with Gasteiger partial charge in [0.15, 0.2) is 0 Å². The Morgan fingerprint density at radius 1 is 0.925 bits per heavy atom. The van der Waals surface area contributed by atoms with Gasteiger partial charge in [0.2, 0.25) is 0 Å². The zero-order valence-corrected chi connectivity index (χ0v) is 24.0. The maximum atomic E-state index is 13.6. The van der Waals surface area contributed by atoms with Crippen LogP contribution in [-0.4, -0.2) is 37.1 Å². The van der Waals surface area contributed by atoms with Crippen molar-refractivity contribution in [3.05, 3.63) is 89.0 Å². The minimum absolute atomic E-state index is 0.0116. The van der Waals surface area contributed by atoms with E-state index in [1.54, 1.807) is 43.5 Å². The normalized spacial score (nSPS) is 16.8. The number of rotatable bonds is 9. The number of amides is 1. The molecule has 0 bridgehead atoms. The van der Waals surface area contributed by atoms with Gasteiger partial charge in [-0.25, -0.2) is 0 Å². The first kappa shape index (κ1) is 28.7. The summed E-state index contributed by atoms with van der Waals surface area (Å²) in [6.45, 7) is 11.1. The van der Waals surface area contributed by atoms with Crippen molar-refractivity contribution in [2.75, 3.05) is 25.2 Å². The molecule has 0 spiro atoms. The number of nitrogens with zero attached hydrogens (tertiary/aromatic N) is 1. The topological polar surface area (TPSA) is 85.3 Å². The summed E-state index contributed by atoms with van der Waals surface area (Å²) in [6.07, 6.45) is 0.836. The number of anilines is 1. The van der Waals surface area contributed by atoms with Crippen LogP contribution in [0.4, 0.5) is 5.69 Å². The summed E-state index contributed by atoms with van der Waals surface area (Å²) in [7, 11) is 1.56. The molecule has 7 nitrogen and oxygen atoms in total. The highest BCUT2D eigenvalue weighted by molar-refractivity contribution is 6.51. The maximum Gasteiger partial charge on any atom is 0.300 e. The lowest BCUT2D eigenvalue weighted by Crippen LogP contribution is -2.29. The van der Waals surface area contributed by atoms with Gasteiger partial charge < -0.3 is 19.3 Å². The lowest BCUT2D eigenvalue weighted by atomic mass is 9.84. The predicted octanol–water partition coefficient (Wildman–Crippen LogP) is 6.81. The first-order chi connectivity index (χ1) is 19.1. The monoisotopic (exact) mass is 543 g/mol. The van der Waals surface area contributed by atoms with Crippen LogP contribution in [0, 0.1) is 0 Å². The Hall–Kier alpha value is -4.26. The number of ether oxygens (including phenoxy) is 3. The highest BCUT2D eigenvalue weighted by Gasteiger charge is 2.47. The quantitative estimate of drug-likeness (QED) is 0.181. The van der Waals surface area contributed by atoms with Crippen LogP contribution in [-0.2, 0) is 15.0 Å². The van der Waals surface area contributed by atoms with E-state index in [0.717, 1.165) is 12.0 Å². The van der Waals surface area contributed by atoms with Crippen LogP contribution in [0.15, 0.2) is 72.3 Å². The number of benzene rings is 3. The van der Waals surface area contributed by atoms with Gasteiger partial charge in [-0.05, 0) is 78.9 Å². The zero-order valence-electron chi connectivity index (χ0n) is 24.0. The summed E-state index contributed by atoms with van der Waals surface area (Å²) in [5, 5.41) is 11.7. The number of hydrogen-bond acceptors (Lipinski definition) is 6. The molecule has 7 heteroatoms. The minimum Gasteiger partial charge on any atom is -0.507 e. The molecule has 1 N–H and O–H groups in total. The molecule has 0 radical (unpaired) electrons. The Morgan fingerprint density at radius 2 is 1.65 bits per heavy atom. The van der Waals surface area contributed by atoms with Gasteiger partial charge in [-0.1, -0.05) is 39.8 Å². The van der Waals surface area contributed by atoms with Crippen molar-refractivity contribution in [1.82, 2.24) is 0 Å². The van der Waals surface area contributed by atoms with Crippen LogP contribution in [0.5, 0.6) is 17.2 Å². The van der Waals surface area contributed by atoms with Crippen molar-refractivity contribution in [3.8, 4) is 17.2 Å². The molecule has 0 saturated carbocycles. The van der Waals surface area contributed by atoms with E-state index in [9.17, 15) is 14.7 Å². The number of methoxy groups -OCH3 is 1. The third-order valence-electron chi connectivity index (χ3n) is 6.80. The maximum absolute atomic E-state index is 13.6. The second-order valence-corrected chi connectivity index (χ2v) is 10.7. The van der Waals surface area contributed by atoms with Crippen molar-refractivity contribution >= 4 is 23.1 Å². The summed E-state index contributed by atoms with van der Waals surface area (Å²) in [5.74, 6) is 0.227. The third-order valence-corrected chi connectivity index (χ3v) is 6.80. The fourth-order valence-corrected chi connectivity index (χ4v) is 4.85. The molecular weight excluding hydrogens is 506 g/mol. The molecule has 1 amide bonds. The lowest BCUT2D eigenvalue weighted by molar-refractivity contribution is -0.132. The summed E-state index contributed by atoms with van der Waals surface area (Å²) in [6, 6.07) is 18.7. The van der Waals surface area contributed by atoms with Crippen LogP contribution in [0.3, 0.4) is 0 Å². The van der Waals surface area contributed by atoms with Crippen LogP contribution in [0.1, 0.15) is 63.8 Å². The molecule has 3 aromatic rings. The number of Topliss-reactive ketones (excluding diaryl/α,β-unsaturated/α-hetero) is 1. The fraction of sp³-hybridized carbons (Fsp3) is 0.333. The van der Waals surface area contributed by atoms with Gasteiger partial charge in [0.25, 0.3) is 11.7 Å². The first-order valence-corrected chi connectivity index (χ1v) is 13.6. The van der Waals surface area contributed by atoms with Gasteiger partial charge in [-0.3, -0.25) is 14.5 Å². The van der Waals surface area contributed by atoms with Gasteiger partial charge in [0.1, 0.15) is 23.0 Å². The average molecular weight is 544 g/mol. The highest BCUT2D eigenvalue weighted by atomic mass is 16.5. The number of carbonyl (C=O) groups excluding carboxylic acids is 2.